The van der Waals surface area contributed by atoms with Crippen molar-refractivity contribution in [3.8, 4) is 0 Å². The van der Waals surface area contributed by atoms with Crippen molar-refractivity contribution in [3.63, 3.8) is 0 Å². The van der Waals surface area contributed by atoms with Gasteiger partial charge in [0.05, 0.1) is 13.2 Å². The predicted molar refractivity (Wildman–Crippen MR) is 120 cm³/mol. The third-order valence-corrected chi connectivity index (χ3v) is 6.63. The topological polar surface area (TPSA) is 218 Å². The van der Waals surface area contributed by atoms with Gasteiger partial charge in [-0.25, -0.2) is 0 Å². The normalized spacial score (nSPS) is 26.7. The fraction of sp³-hybridized carbons (Fsp3) is 0.750. The molecule has 3 aliphatic rings. The highest BCUT2D eigenvalue weighted by Crippen LogP contribution is 2.51. The van der Waals surface area contributed by atoms with Gasteiger partial charge in [-0.2, -0.15) is 0 Å². The van der Waals surface area contributed by atoms with E-state index < -0.39 is 91.8 Å². The molecule has 15 nitrogen and oxygen atoms in total. The van der Waals surface area contributed by atoms with Crippen LogP contribution in [0.15, 0.2) is 0 Å². The zero-order valence-corrected chi connectivity index (χ0v) is 21.2. The zero-order chi connectivity index (χ0) is 28.7. The van der Waals surface area contributed by atoms with Gasteiger partial charge in [-0.05, 0) is 38.5 Å². The van der Waals surface area contributed by atoms with E-state index in [1.54, 1.807) is 0 Å². The lowest BCUT2D eigenvalue weighted by atomic mass is 9.77. The number of rotatable bonds is 2. The van der Waals surface area contributed by atoms with Crippen molar-refractivity contribution in [2.75, 3.05) is 13.2 Å². The number of cyclic esters (lactones) is 1. The monoisotopic (exact) mass is 560 g/mol. The number of carbonyl (C=O) groups is 6. The number of aliphatic hydroxyl groups excluding tert-OH is 3. The van der Waals surface area contributed by atoms with E-state index in [1.807, 2.05) is 0 Å². The summed E-state index contributed by atoms with van der Waals surface area (Å²) in [6, 6.07) is 0. The number of aliphatic hydroxyl groups is 3. The van der Waals surface area contributed by atoms with Crippen LogP contribution in [0.1, 0.15) is 77.0 Å². The molecular formula is C24H32O15. The smallest absolute Gasteiger partial charge is 0.435 e. The second-order valence-electron chi connectivity index (χ2n) is 9.48. The van der Waals surface area contributed by atoms with Crippen molar-refractivity contribution in [1.82, 2.24) is 0 Å². The molecule has 3 fully saturated rings. The minimum absolute atomic E-state index is 0.0136. The van der Waals surface area contributed by atoms with E-state index in [4.69, 9.17) is 28.4 Å². The second kappa shape index (κ2) is 12.7. The van der Waals surface area contributed by atoms with Crippen LogP contribution < -0.4 is 0 Å². The first-order valence-corrected chi connectivity index (χ1v) is 12.7. The predicted octanol–water partition coefficient (Wildman–Crippen LogP) is -0.393. The fourth-order valence-corrected chi connectivity index (χ4v) is 4.43. The highest BCUT2D eigenvalue weighted by atomic mass is 16.9. The van der Waals surface area contributed by atoms with Gasteiger partial charge in [0.25, 0.3) is 0 Å². The average molecular weight is 561 g/mol. The molecule has 1 atom stereocenters. The number of ether oxygens (including phenoxy) is 6. The maximum absolute atomic E-state index is 13.0. The molecule has 0 aromatic heterocycles. The summed E-state index contributed by atoms with van der Waals surface area (Å²) in [6.07, 6.45) is -4.43. The maximum Gasteiger partial charge on any atom is 0.507 e. The van der Waals surface area contributed by atoms with Crippen LogP contribution in [-0.2, 0) is 57.2 Å². The van der Waals surface area contributed by atoms with Crippen LogP contribution in [0.2, 0.25) is 0 Å². The Morgan fingerprint density at radius 1 is 0.538 bits per heavy atom. The first kappa shape index (κ1) is 30.2. The van der Waals surface area contributed by atoms with Gasteiger partial charge < -0.3 is 43.7 Å². The molecule has 0 aromatic carbocycles. The van der Waals surface area contributed by atoms with E-state index in [9.17, 15) is 44.1 Å². The van der Waals surface area contributed by atoms with Crippen LogP contribution in [0, 0.1) is 5.41 Å². The van der Waals surface area contributed by atoms with Gasteiger partial charge in [0.15, 0.2) is 5.41 Å². The summed E-state index contributed by atoms with van der Waals surface area (Å²) in [6.45, 7) is -3.01. The lowest BCUT2D eigenvalue weighted by Crippen LogP contribution is -2.77. The van der Waals surface area contributed by atoms with E-state index in [-0.39, 0.29) is 57.8 Å². The Morgan fingerprint density at radius 2 is 0.846 bits per heavy atom. The van der Waals surface area contributed by atoms with E-state index >= 15 is 0 Å². The molecular weight excluding hydrogens is 528 g/mol. The van der Waals surface area contributed by atoms with Crippen LogP contribution in [0.3, 0.4) is 0 Å². The maximum atomic E-state index is 13.0. The van der Waals surface area contributed by atoms with E-state index in [0.717, 1.165) is 0 Å². The van der Waals surface area contributed by atoms with Crippen molar-refractivity contribution in [1.29, 1.82) is 0 Å². The summed E-state index contributed by atoms with van der Waals surface area (Å²) >= 11 is 0. The lowest BCUT2D eigenvalue weighted by Gasteiger charge is -2.52. The van der Waals surface area contributed by atoms with Gasteiger partial charge in [-0.15, -0.1) is 0 Å². The van der Waals surface area contributed by atoms with E-state index in [2.05, 4.69) is 0 Å². The lowest BCUT2D eigenvalue weighted by molar-refractivity contribution is -0.484. The second-order valence-corrected chi connectivity index (χ2v) is 9.48. The summed E-state index contributed by atoms with van der Waals surface area (Å²) < 4.78 is 32.0. The molecule has 39 heavy (non-hydrogen) atoms. The molecule has 218 valence electrons. The van der Waals surface area contributed by atoms with Gasteiger partial charge in [-0.1, -0.05) is 0 Å². The molecule has 0 amide bonds. The Kier molecular flexibility index (Phi) is 9.85. The number of esters is 6. The van der Waals surface area contributed by atoms with Gasteiger partial charge >= 0.3 is 47.6 Å². The number of hydrogen-bond acceptors (Lipinski definition) is 15. The Morgan fingerprint density at radius 3 is 1.18 bits per heavy atom. The highest BCUT2D eigenvalue weighted by Gasteiger charge is 2.81. The molecule has 0 aliphatic carbocycles. The standard InChI is InChI=1S/C24H32O15/c25-13-22(14-26)21(33)34-15(27)7-1-2-10-18(30)37-24(38-19(31)11-5-6-12-20(32)39-24)23(22)35-16(28)8-3-4-9-17(29)36-23/h21,25-26,33H,1-14H2. The van der Waals surface area contributed by atoms with Crippen molar-refractivity contribution in [3.05, 3.63) is 0 Å². The zero-order valence-electron chi connectivity index (χ0n) is 21.2. The van der Waals surface area contributed by atoms with Crippen LogP contribution in [0.5, 0.6) is 0 Å². The van der Waals surface area contributed by atoms with Gasteiger partial charge in [0.1, 0.15) is 0 Å². The van der Waals surface area contributed by atoms with Crippen LogP contribution >= 0.6 is 0 Å². The summed E-state index contributed by atoms with van der Waals surface area (Å²) in [5, 5.41) is 32.3. The number of hydrogen-bond donors (Lipinski definition) is 3. The molecule has 1 unspecified atom stereocenters. The average Bonchev–Trinajstić information content (AvgIpc) is 2.99. The summed E-state index contributed by atoms with van der Waals surface area (Å²) in [5.41, 5.74) is -3.04. The number of carbonyl (C=O) groups excluding carboxylic acids is 6. The molecule has 3 rings (SSSR count). The largest absolute Gasteiger partial charge is 0.507 e. The third-order valence-electron chi connectivity index (χ3n) is 6.63. The molecule has 3 N–H and O–H groups in total. The molecule has 3 saturated heterocycles. The van der Waals surface area contributed by atoms with E-state index in [0.29, 0.717) is 0 Å². The fourth-order valence-electron chi connectivity index (χ4n) is 4.43. The highest BCUT2D eigenvalue weighted by molar-refractivity contribution is 5.77. The molecule has 2 spiro atoms. The summed E-state index contributed by atoms with van der Waals surface area (Å²) in [7, 11) is 0. The van der Waals surface area contributed by atoms with Crippen molar-refractivity contribution in [2.45, 2.75) is 95.1 Å². The first-order valence-electron chi connectivity index (χ1n) is 12.7. The number of fused-ring (bicyclic) bond motifs is 1. The van der Waals surface area contributed by atoms with Crippen molar-refractivity contribution < 1.29 is 72.5 Å². The van der Waals surface area contributed by atoms with E-state index in [1.165, 1.54) is 0 Å². The molecule has 0 saturated carbocycles. The molecule has 15 heteroatoms. The van der Waals surface area contributed by atoms with Crippen molar-refractivity contribution >= 4 is 35.8 Å². The van der Waals surface area contributed by atoms with Crippen LogP contribution in [-0.4, -0.2) is 82.4 Å². The Labute approximate surface area is 222 Å². The minimum atomic E-state index is -3.61. The van der Waals surface area contributed by atoms with Gasteiger partial charge in [0.2, 0.25) is 6.29 Å². The molecule has 3 aliphatic heterocycles. The summed E-state index contributed by atoms with van der Waals surface area (Å²) in [4.78, 5) is 77.4. The Hall–Kier alpha value is -3.30. The van der Waals surface area contributed by atoms with Crippen molar-refractivity contribution in [2.24, 2.45) is 5.41 Å². The summed E-state index contributed by atoms with van der Waals surface area (Å²) in [5.74, 6) is -14.2. The van der Waals surface area contributed by atoms with Gasteiger partial charge in [-0.3, -0.25) is 28.8 Å². The molecule has 0 bridgehead atoms. The minimum Gasteiger partial charge on any atom is -0.435 e. The SMILES string of the molecule is O=C1CCCCC(=O)OC2(OC(=O)CCCCC(=O)O2)C2(OC(=O)CCCCC(=O)O2)C(CO)(CO)C(O)O1. The van der Waals surface area contributed by atoms with Crippen LogP contribution in [0.4, 0.5) is 0 Å². The Balaban J connectivity index is 2.43. The Bertz CT molecular complexity index is 929. The van der Waals surface area contributed by atoms with Crippen LogP contribution in [0.25, 0.3) is 0 Å². The first-order chi connectivity index (χ1) is 18.5. The quantitative estimate of drug-likeness (QED) is 0.289. The molecule has 3 heterocycles. The molecule has 0 aromatic rings. The third kappa shape index (κ3) is 6.31. The molecule has 0 radical (unpaired) electrons. The van der Waals surface area contributed by atoms with Gasteiger partial charge in [0, 0.05) is 38.5 Å².